The molecule has 1 aromatic heterocycles. The number of nitrogens with zero attached hydrogens (tertiary/aromatic N) is 1. The lowest BCUT2D eigenvalue weighted by molar-refractivity contribution is 0.317. The molecule has 1 unspecified atom stereocenters. The fraction of sp³-hybridized carbons (Fsp3) is 0.400. The summed E-state index contributed by atoms with van der Waals surface area (Å²) in [6.45, 7) is 5.86. The summed E-state index contributed by atoms with van der Waals surface area (Å²) in [5.41, 5.74) is 1.26. The van der Waals surface area contributed by atoms with Gasteiger partial charge < -0.3 is 10.1 Å². The lowest BCUT2D eigenvalue weighted by Gasteiger charge is -2.11. The van der Waals surface area contributed by atoms with Crippen molar-refractivity contribution in [2.75, 3.05) is 6.61 Å². The first-order chi connectivity index (χ1) is 9.29. The molecule has 4 heteroatoms. The molecule has 0 fully saturated rings. The summed E-state index contributed by atoms with van der Waals surface area (Å²) < 4.78 is 5.57. The van der Waals surface area contributed by atoms with E-state index in [1.807, 2.05) is 23.7 Å². The van der Waals surface area contributed by atoms with Crippen LogP contribution in [0.5, 0.6) is 5.75 Å². The Morgan fingerprint density at radius 3 is 2.74 bits per heavy atom. The lowest BCUT2D eigenvalue weighted by atomic mass is 10.2. The standard InChI is InChI=1S/C15H20N2OS/c1-3-9-18-14-6-4-13(5-7-14)11-17-12(2)15-16-8-10-19-15/h4-8,10,12,17H,3,9,11H2,1-2H3. The van der Waals surface area contributed by atoms with Gasteiger partial charge in [0.25, 0.3) is 0 Å². The Bertz CT molecular complexity index is 467. The Morgan fingerprint density at radius 2 is 2.11 bits per heavy atom. The number of hydrogen-bond acceptors (Lipinski definition) is 4. The van der Waals surface area contributed by atoms with E-state index in [9.17, 15) is 0 Å². The number of ether oxygens (including phenoxy) is 1. The van der Waals surface area contributed by atoms with Gasteiger partial charge in [0, 0.05) is 18.1 Å². The molecule has 102 valence electrons. The van der Waals surface area contributed by atoms with Gasteiger partial charge in [-0.3, -0.25) is 0 Å². The average molecular weight is 276 g/mol. The van der Waals surface area contributed by atoms with Gasteiger partial charge in [0.15, 0.2) is 0 Å². The van der Waals surface area contributed by atoms with Gasteiger partial charge in [-0.1, -0.05) is 19.1 Å². The fourth-order valence-corrected chi connectivity index (χ4v) is 2.40. The Hall–Kier alpha value is -1.39. The Labute approximate surface area is 118 Å². The number of thiazole rings is 1. The van der Waals surface area contributed by atoms with Crippen molar-refractivity contribution in [2.24, 2.45) is 0 Å². The van der Waals surface area contributed by atoms with E-state index in [-0.39, 0.29) is 6.04 Å². The first kappa shape index (κ1) is 14.0. The van der Waals surface area contributed by atoms with Gasteiger partial charge in [0.1, 0.15) is 10.8 Å². The quantitative estimate of drug-likeness (QED) is 0.835. The number of nitrogens with one attached hydrogen (secondary N) is 1. The first-order valence-electron chi connectivity index (χ1n) is 6.64. The second-order valence-electron chi connectivity index (χ2n) is 4.47. The summed E-state index contributed by atoms with van der Waals surface area (Å²) >= 11 is 1.68. The highest BCUT2D eigenvalue weighted by Gasteiger charge is 2.06. The van der Waals surface area contributed by atoms with Gasteiger partial charge in [-0.2, -0.15) is 0 Å². The van der Waals surface area contributed by atoms with Crippen molar-refractivity contribution >= 4 is 11.3 Å². The van der Waals surface area contributed by atoms with Crippen molar-refractivity contribution in [1.29, 1.82) is 0 Å². The molecular formula is C15H20N2OS. The molecule has 0 saturated carbocycles. The van der Waals surface area contributed by atoms with Gasteiger partial charge in [0.05, 0.1) is 12.6 Å². The molecule has 1 N–H and O–H groups in total. The van der Waals surface area contributed by atoms with Crippen LogP contribution >= 0.6 is 11.3 Å². The molecule has 0 aliphatic carbocycles. The molecule has 1 heterocycles. The van der Waals surface area contributed by atoms with E-state index in [2.05, 4.69) is 36.3 Å². The smallest absolute Gasteiger partial charge is 0.119 e. The normalized spacial score (nSPS) is 12.3. The molecule has 0 radical (unpaired) electrons. The van der Waals surface area contributed by atoms with Crippen LogP contribution in [0, 0.1) is 0 Å². The molecule has 0 amide bonds. The van der Waals surface area contributed by atoms with E-state index in [4.69, 9.17) is 4.74 Å². The predicted molar refractivity (Wildman–Crippen MR) is 79.6 cm³/mol. The molecule has 0 aliphatic heterocycles. The van der Waals surface area contributed by atoms with Crippen LogP contribution in [0.25, 0.3) is 0 Å². The molecule has 19 heavy (non-hydrogen) atoms. The summed E-state index contributed by atoms with van der Waals surface area (Å²) in [5.74, 6) is 0.943. The third kappa shape index (κ3) is 4.33. The minimum absolute atomic E-state index is 0.288. The third-order valence-electron chi connectivity index (χ3n) is 2.83. The predicted octanol–water partition coefficient (Wildman–Crippen LogP) is 3.78. The van der Waals surface area contributed by atoms with Gasteiger partial charge in [-0.15, -0.1) is 11.3 Å². The summed E-state index contributed by atoms with van der Waals surface area (Å²) in [6.07, 6.45) is 2.88. The van der Waals surface area contributed by atoms with Gasteiger partial charge in [-0.25, -0.2) is 4.98 Å². The van der Waals surface area contributed by atoms with E-state index in [0.717, 1.165) is 30.3 Å². The largest absolute Gasteiger partial charge is 0.494 e. The van der Waals surface area contributed by atoms with E-state index in [0.29, 0.717) is 0 Å². The SMILES string of the molecule is CCCOc1ccc(CNC(C)c2nccs2)cc1. The molecule has 0 spiro atoms. The zero-order chi connectivity index (χ0) is 13.5. The molecular weight excluding hydrogens is 256 g/mol. The summed E-state index contributed by atoms with van der Waals surface area (Å²) in [6, 6.07) is 8.55. The van der Waals surface area contributed by atoms with Crippen LogP contribution in [0.1, 0.15) is 36.9 Å². The van der Waals surface area contributed by atoms with Gasteiger partial charge in [0.2, 0.25) is 0 Å². The summed E-state index contributed by atoms with van der Waals surface area (Å²) in [7, 11) is 0. The number of rotatable bonds is 7. The topological polar surface area (TPSA) is 34.1 Å². The summed E-state index contributed by atoms with van der Waals surface area (Å²) in [4.78, 5) is 4.31. The molecule has 0 bridgehead atoms. The fourth-order valence-electron chi connectivity index (χ4n) is 1.73. The number of hydrogen-bond donors (Lipinski definition) is 1. The van der Waals surface area contributed by atoms with Gasteiger partial charge >= 0.3 is 0 Å². The van der Waals surface area contributed by atoms with Crippen molar-refractivity contribution in [3.05, 3.63) is 46.4 Å². The minimum Gasteiger partial charge on any atom is -0.494 e. The van der Waals surface area contributed by atoms with E-state index in [1.54, 1.807) is 11.3 Å². The van der Waals surface area contributed by atoms with E-state index < -0.39 is 0 Å². The molecule has 2 rings (SSSR count). The first-order valence-corrected chi connectivity index (χ1v) is 7.52. The zero-order valence-corrected chi connectivity index (χ0v) is 12.2. The molecule has 2 aromatic rings. The summed E-state index contributed by atoms with van der Waals surface area (Å²) in [5, 5.41) is 6.61. The maximum Gasteiger partial charge on any atom is 0.119 e. The van der Waals surface area contributed by atoms with Crippen LogP contribution in [0.15, 0.2) is 35.8 Å². The monoisotopic (exact) mass is 276 g/mol. The highest BCUT2D eigenvalue weighted by atomic mass is 32.1. The second kappa shape index (κ2) is 7.26. The number of aromatic nitrogens is 1. The van der Waals surface area contributed by atoms with Crippen molar-refractivity contribution in [2.45, 2.75) is 32.9 Å². The molecule has 0 aliphatic rings. The minimum atomic E-state index is 0.288. The number of benzene rings is 1. The third-order valence-corrected chi connectivity index (χ3v) is 3.79. The van der Waals surface area contributed by atoms with Crippen LogP contribution in [0.4, 0.5) is 0 Å². The lowest BCUT2D eigenvalue weighted by Crippen LogP contribution is -2.17. The van der Waals surface area contributed by atoms with Crippen molar-refractivity contribution in [3.8, 4) is 5.75 Å². The maximum absolute atomic E-state index is 5.57. The van der Waals surface area contributed by atoms with Crippen molar-refractivity contribution in [3.63, 3.8) is 0 Å². The van der Waals surface area contributed by atoms with Crippen LogP contribution in [-0.2, 0) is 6.54 Å². The Kier molecular flexibility index (Phi) is 5.36. The van der Waals surface area contributed by atoms with Crippen LogP contribution < -0.4 is 10.1 Å². The highest BCUT2D eigenvalue weighted by Crippen LogP contribution is 2.16. The van der Waals surface area contributed by atoms with Gasteiger partial charge in [-0.05, 0) is 31.0 Å². The average Bonchev–Trinajstić information content (AvgIpc) is 2.98. The molecule has 1 aromatic carbocycles. The zero-order valence-electron chi connectivity index (χ0n) is 11.4. The highest BCUT2D eigenvalue weighted by molar-refractivity contribution is 7.09. The maximum atomic E-state index is 5.57. The van der Waals surface area contributed by atoms with Crippen molar-refractivity contribution in [1.82, 2.24) is 10.3 Å². The molecule has 1 atom stereocenters. The molecule has 0 saturated heterocycles. The van der Waals surface area contributed by atoms with Crippen molar-refractivity contribution < 1.29 is 4.74 Å². The Balaban J connectivity index is 1.82. The second-order valence-corrected chi connectivity index (χ2v) is 5.39. The molecule has 3 nitrogen and oxygen atoms in total. The van der Waals surface area contributed by atoms with E-state index >= 15 is 0 Å². The van der Waals surface area contributed by atoms with Crippen LogP contribution in [0.2, 0.25) is 0 Å². The van der Waals surface area contributed by atoms with Crippen LogP contribution in [-0.4, -0.2) is 11.6 Å². The van der Waals surface area contributed by atoms with E-state index in [1.165, 1.54) is 5.56 Å². The Morgan fingerprint density at radius 1 is 1.32 bits per heavy atom. The van der Waals surface area contributed by atoms with Crippen LogP contribution in [0.3, 0.4) is 0 Å².